The smallest absolute Gasteiger partial charge is 0.347 e. The molecule has 1 aliphatic rings. The molecule has 3 N–H and O–H groups in total. The summed E-state index contributed by atoms with van der Waals surface area (Å²) in [4.78, 5) is 39.2. The highest BCUT2D eigenvalue weighted by Gasteiger charge is 2.36. The third kappa shape index (κ3) is 7.06. The summed E-state index contributed by atoms with van der Waals surface area (Å²) in [5, 5.41) is 11.8. The first-order valence-corrected chi connectivity index (χ1v) is 12.1. The molecule has 1 fully saturated rings. The number of nitrogens with two attached hydrogens (primary N) is 1. The van der Waals surface area contributed by atoms with Crippen molar-refractivity contribution in [2.75, 3.05) is 13.2 Å². The third-order valence-electron chi connectivity index (χ3n) is 6.02. The molecule has 0 radical (unpaired) electrons. The summed E-state index contributed by atoms with van der Waals surface area (Å²) in [6, 6.07) is 14.8. The number of hydrogen-bond acceptors (Lipinski definition) is 7. The monoisotopic (exact) mass is 492 g/mol. The SMILES string of the molecule is CCOC(=O)C(C)Oc1ccc(CNC(=O)[C@@H]2CCCN2C(=O)[C@@H](N)Cc2ccc(C#N)cc2)cc1. The number of nitrogens with one attached hydrogen (secondary N) is 1. The van der Waals surface area contributed by atoms with Crippen LogP contribution in [0.1, 0.15) is 43.4 Å². The van der Waals surface area contributed by atoms with Gasteiger partial charge >= 0.3 is 5.97 Å². The number of rotatable bonds is 10. The molecule has 1 saturated heterocycles. The number of carbonyl (C=O) groups excluding carboxylic acids is 3. The van der Waals surface area contributed by atoms with E-state index in [9.17, 15) is 14.4 Å². The van der Waals surface area contributed by atoms with Crippen LogP contribution in [0, 0.1) is 11.3 Å². The first kappa shape index (κ1) is 26.7. The second-order valence-corrected chi connectivity index (χ2v) is 8.68. The van der Waals surface area contributed by atoms with E-state index >= 15 is 0 Å². The number of ether oxygens (including phenoxy) is 2. The zero-order valence-corrected chi connectivity index (χ0v) is 20.6. The van der Waals surface area contributed by atoms with Crippen molar-refractivity contribution in [3.8, 4) is 11.8 Å². The van der Waals surface area contributed by atoms with E-state index in [1.54, 1.807) is 67.3 Å². The summed E-state index contributed by atoms with van der Waals surface area (Å²) in [6.45, 7) is 4.43. The number of benzene rings is 2. The Labute approximate surface area is 211 Å². The van der Waals surface area contributed by atoms with Crippen molar-refractivity contribution < 1.29 is 23.9 Å². The van der Waals surface area contributed by atoms with Gasteiger partial charge in [0.05, 0.1) is 24.3 Å². The first-order chi connectivity index (χ1) is 17.3. The first-order valence-electron chi connectivity index (χ1n) is 12.1. The predicted molar refractivity (Wildman–Crippen MR) is 133 cm³/mol. The number of hydrogen-bond donors (Lipinski definition) is 2. The van der Waals surface area contributed by atoms with E-state index in [-0.39, 0.29) is 18.4 Å². The highest BCUT2D eigenvalue weighted by Crippen LogP contribution is 2.20. The lowest BCUT2D eigenvalue weighted by molar-refractivity contribution is -0.150. The summed E-state index contributed by atoms with van der Waals surface area (Å²) < 4.78 is 10.5. The van der Waals surface area contributed by atoms with Gasteiger partial charge in [0.25, 0.3) is 0 Å². The molecule has 0 saturated carbocycles. The summed E-state index contributed by atoms with van der Waals surface area (Å²) in [6.07, 6.45) is 0.931. The quantitative estimate of drug-likeness (QED) is 0.485. The summed E-state index contributed by atoms with van der Waals surface area (Å²) in [7, 11) is 0. The number of nitrogens with zero attached hydrogens (tertiary/aromatic N) is 2. The average Bonchev–Trinajstić information content (AvgIpc) is 3.38. The van der Waals surface area contributed by atoms with Gasteiger partial charge in [-0.05, 0) is 68.5 Å². The highest BCUT2D eigenvalue weighted by molar-refractivity contribution is 5.90. The Bertz CT molecular complexity index is 1090. The zero-order valence-electron chi connectivity index (χ0n) is 20.6. The van der Waals surface area contributed by atoms with Gasteiger partial charge in [-0.25, -0.2) is 4.79 Å². The lowest BCUT2D eigenvalue weighted by atomic mass is 10.0. The Kier molecular flexibility index (Phi) is 9.42. The van der Waals surface area contributed by atoms with E-state index in [4.69, 9.17) is 20.5 Å². The Balaban J connectivity index is 1.51. The molecule has 3 atom stereocenters. The highest BCUT2D eigenvalue weighted by atomic mass is 16.6. The van der Waals surface area contributed by atoms with Crippen molar-refractivity contribution in [1.29, 1.82) is 5.26 Å². The van der Waals surface area contributed by atoms with Crippen molar-refractivity contribution in [1.82, 2.24) is 10.2 Å². The second-order valence-electron chi connectivity index (χ2n) is 8.68. The molecule has 190 valence electrons. The van der Waals surface area contributed by atoms with Crippen LogP contribution in [0.5, 0.6) is 5.75 Å². The molecule has 36 heavy (non-hydrogen) atoms. The Morgan fingerprint density at radius 2 is 1.81 bits per heavy atom. The second kappa shape index (κ2) is 12.7. The molecule has 2 aromatic carbocycles. The fourth-order valence-corrected chi connectivity index (χ4v) is 4.08. The maximum atomic E-state index is 13.0. The summed E-state index contributed by atoms with van der Waals surface area (Å²) in [5.41, 5.74) is 8.44. The van der Waals surface area contributed by atoms with Crippen LogP contribution in [0.25, 0.3) is 0 Å². The van der Waals surface area contributed by atoms with Gasteiger partial charge < -0.3 is 25.4 Å². The minimum atomic E-state index is -0.768. The van der Waals surface area contributed by atoms with Crippen LogP contribution in [0.2, 0.25) is 0 Å². The molecule has 1 heterocycles. The van der Waals surface area contributed by atoms with Gasteiger partial charge in [-0.3, -0.25) is 9.59 Å². The Hall–Kier alpha value is -3.90. The fraction of sp³-hybridized carbons (Fsp3) is 0.407. The lowest BCUT2D eigenvalue weighted by Gasteiger charge is -2.27. The summed E-state index contributed by atoms with van der Waals surface area (Å²) >= 11 is 0. The van der Waals surface area contributed by atoms with Gasteiger partial charge in [-0.1, -0.05) is 24.3 Å². The number of esters is 1. The van der Waals surface area contributed by atoms with E-state index in [0.29, 0.717) is 37.2 Å². The predicted octanol–water partition coefficient (Wildman–Crippen LogP) is 2.07. The van der Waals surface area contributed by atoms with Crippen LogP contribution in [0.3, 0.4) is 0 Å². The maximum absolute atomic E-state index is 13.0. The molecule has 2 amide bonds. The molecule has 2 aromatic rings. The largest absolute Gasteiger partial charge is 0.479 e. The van der Waals surface area contributed by atoms with E-state index in [2.05, 4.69) is 11.4 Å². The minimum absolute atomic E-state index is 0.220. The van der Waals surface area contributed by atoms with Crippen LogP contribution in [-0.4, -0.2) is 54.0 Å². The van der Waals surface area contributed by atoms with E-state index in [0.717, 1.165) is 17.5 Å². The Morgan fingerprint density at radius 3 is 2.44 bits per heavy atom. The van der Waals surface area contributed by atoms with E-state index in [1.165, 1.54) is 0 Å². The van der Waals surface area contributed by atoms with Crippen LogP contribution in [0.15, 0.2) is 48.5 Å². The molecule has 0 aliphatic carbocycles. The van der Waals surface area contributed by atoms with E-state index < -0.39 is 24.2 Å². The van der Waals surface area contributed by atoms with Crippen LogP contribution in [-0.2, 0) is 32.1 Å². The maximum Gasteiger partial charge on any atom is 0.347 e. The Morgan fingerprint density at radius 1 is 1.14 bits per heavy atom. The molecule has 0 bridgehead atoms. The molecule has 0 aromatic heterocycles. The van der Waals surface area contributed by atoms with Crippen molar-refractivity contribution in [3.63, 3.8) is 0 Å². The van der Waals surface area contributed by atoms with Crippen molar-refractivity contribution in [2.45, 2.75) is 57.8 Å². The molecule has 0 spiro atoms. The normalized spacial score (nSPS) is 16.5. The molecule has 9 nitrogen and oxygen atoms in total. The van der Waals surface area contributed by atoms with Crippen LogP contribution < -0.4 is 15.8 Å². The van der Waals surface area contributed by atoms with Gasteiger partial charge in [0, 0.05) is 13.1 Å². The topological polar surface area (TPSA) is 135 Å². The fourth-order valence-electron chi connectivity index (χ4n) is 4.08. The average molecular weight is 493 g/mol. The van der Waals surface area contributed by atoms with Gasteiger partial charge in [-0.15, -0.1) is 0 Å². The minimum Gasteiger partial charge on any atom is -0.479 e. The van der Waals surface area contributed by atoms with Gasteiger partial charge in [0.2, 0.25) is 11.8 Å². The molecular formula is C27H32N4O5. The van der Waals surface area contributed by atoms with Gasteiger partial charge in [0.15, 0.2) is 6.10 Å². The number of likely N-dealkylation sites (tertiary alicyclic amines) is 1. The molecule has 1 aliphatic heterocycles. The zero-order chi connectivity index (χ0) is 26.1. The van der Waals surface area contributed by atoms with Crippen molar-refractivity contribution >= 4 is 17.8 Å². The molecule has 3 rings (SSSR count). The van der Waals surface area contributed by atoms with Gasteiger partial charge in [0.1, 0.15) is 11.8 Å². The van der Waals surface area contributed by atoms with Crippen molar-refractivity contribution in [3.05, 3.63) is 65.2 Å². The van der Waals surface area contributed by atoms with Crippen LogP contribution >= 0.6 is 0 Å². The molecular weight excluding hydrogens is 460 g/mol. The standard InChI is InChI=1S/C27H32N4O5/c1-3-35-27(34)18(2)36-22-12-10-21(11-13-22)17-30-25(32)24-5-4-14-31(24)26(33)23(29)15-19-6-8-20(16-28)9-7-19/h6-13,18,23-24H,3-5,14-15,17,29H2,1-2H3,(H,30,32)/t18?,23-,24-/m0/s1. The number of nitriles is 1. The van der Waals surface area contributed by atoms with Gasteiger partial charge in [-0.2, -0.15) is 5.26 Å². The van der Waals surface area contributed by atoms with E-state index in [1.807, 2.05) is 0 Å². The molecule has 1 unspecified atom stereocenters. The summed E-state index contributed by atoms with van der Waals surface area (Å²) in [5.74, 6) is -0.382. The number of amides is 2. The van der Waals surface area contributed by atoms with Crippen molar-refractivity contribution in [2.24, 2.45) is 5.73 Å². The lowest BCUT2D eigenvalue weighted by Crippen LogP contribution is -2.51. The molecule has 9 heteroatoms. The number of carbonyl (C=O) groups is 3. The van der Waals surface area contributed by atoms with Crippen LogP contribution in [0.4, 0.5) is 0 Å². The third-order valence-corrected chi connectivity index (χ3v) is 6.02.